The van der Waals surface area contributed by atoms with Crippen molar-refractivity contribution in [3.8, 4) is 22.8 Å². The van der Waals surface area contributed by atoms with Gasteiger partial charge in [0, 0.05) is 23.9 Å². The third-order valence-corrected chi connectivity index (χ3v) is 6.48. The lowest BCUT2D eigenvalue weighted by Crippen LogP contribution is -2.28. The molecule has 12 heteroatoms. The number of nitrogens with one attached hydrogen (secondary N) is 2. The van der Waals surface area contributed by atoms with Crippen molar-refractivity contribution in [3.05, 3.63) is 53.4 Å². The summed E-state index contributed by atoms with van der Waals surface area (Å²) in [6.45, 7) is -0.0649. The van der Waals surface area contributed by atoms with E-state index in [9.17, 15) is 22.0 Å². The highest BCUT2D eigenvalue weighted by Gasteiger charge is 2.18. The SMILES string of the molecule is O=C(CCNS(=O)(=O)c1ccc(F)c(F)c1)Nc1nc(-c2ccc3c(c2)OCO3)cs1. The van der Waals surface area contributed by atoms with Gasteiger partial charge in [0.1, 0.15) is 0 Å². The maximum absolute atomic E-state index is 13.2. The smallest absolute Gasteiger partial charge is 0.240 e. The Labute approximate surface area is 179 Å². The Morgan fingerprint density at radius 3 is 2.71 bits per heavy atom. The van der Waals surface area contributed by atoms with Gasteiger partial charge in [-0.25, -0.2) is 26.9 Å². The molecule has 2 aromatic carbocycles. The summed E-state index contributed by atoms with van der Waals surface area (Å²) in [6.07, 6.45) is -0.179. The summed E-state index contributed by atoms with van der Waals surface area (Å²) < 4.78 is 63.2. The van der Waals surface area contributed by atoms with Crippen molar-refractivity contribution >= 4 is 32.4 Å². The summed E-state index contributed by atoms with van der Waals surface area (Å²) in [5.74, 6) is -1.62. The fourth-order valence-electron chi connectivity index (χ4n) is 2.73. The van der Waals surface area contributed by atoms with Crippen LogP contribution in [0, 0.1) is 11.6 Å². The molecule has 162 valence electrons. The molecular formula is C19H15F2N3O5S2. The number of carbonyl (C=O) groups is 1. The zero-order chi connectivity index (χ0) is 22.0. The maximum atomic E-state index is 13.2. The number of halogens is 2. The van der Waals surface area contributed by atoms with E-state index in [0.29, 0.717) is 28.4 Å². The second-order valence-electron chi connectivity index (χ2n) is 6.38. The van der Waals surface area contributed by atoms with Crippen molar-refractivity contribution in [3.63, 3.8) is 0 Å². The Kier molecular flexibility index (Phi) is 5.85. The van der Waals surface area contributed by atoms with Crippen LogP contribution in [0.5, 0.6) is 11.5 Å². The lowest BCUT2D eigenvalue weighted by atomic mass is 10.1. The summed E-state index contributed by atoms with van der Waals surface area (Å²) in [5.41, 5.74) is 1.43. The molecule has 0 spiro atoms. The normalized spacial score (nSPS) is 12.7. The Balaban J connectivity index is 1.32. The van der Waals surface area contributed by atoms with Gasteiger partial charge in [-0.1, -0.05) is 0 Å². The molecule has 0 fully saturated rings. The molecule has 3 aromatic rings. The molecule has 0 aliphatic carbocycles. The van der Waals surface area contributed by atoms with E-state index < -0.39 is 32.5 Å². The molecule has 2 heterocycles. The number of benzene rings is 2. The number of nitrogens with zero attached hydrogens (tertiary/aromatic N) is 1. The molecule has 0 unspecified atom stereocenters. The summed E-state index contributed by atoms with van der Waals surface area (Å²) in [4.78, 5) is 16.0. The molecule has 4 rings (SSSR count). The highest BCUT2D eigenvalue weighted by molar-refractivity contribution is 7.89. The molecular weight excluding hydrogens is 452 g/mol. The number of anilines is 1. The van der Waals surface area contributed by atoms with E-state index in [1.165, 1.54) is 11.3 Å². The van der Waals surface area contributed by atoms with Gasteiger partial charge in [0.05, 0.1) is 10.6 Å². The standard InChI is InChI=1S/C19H15F2N3O5S2/c20-13-3-2-12(8-14(13)21)31(26,27)22-6-5-18(25)24-19-23-15(9-30-19)11-1-4-16-17(7-11)29-10-28-16/h1-4,7-9,22H,5-6,10H2,(H,23,24,25). The van der Waals surface area contributed by atoms with Gasteiger partial charge in [-0.15, -0.1) is 11.3 Å². The van der Waals surface area contributed by atoms with Crippen LogP contribution < -0.4 is 19.5 Å². The molecule has 0 saturated heterocycles. The number of ether oxygens (including phenoxy) is 2. The molecule has 1 amide bonds. The molecule has 1 aliphatic rings. The van der Waals surface area contributed by atoms with Gasteiger partial charge < -0.3 is 14.8 Å². The molecule has 31 heavy (non-hydrogen) atoms. The highest BCUT2D eigenvalue weighted by Crippen LogP contribution is 2.36. The zero-order valence-electron chi connectivity index (χ0n) is 15.7. The Morgan fingerprint density at radius 1 is 1.10 bits per heavy atom. The van der Waals surface area contributed by atoms with E-state index in [1.54, 1.807) is 17.5 Å². The van der Waals surface area contributed by atoms with Crippen molar-refractivity contribution in [2.45, 2.75) is 11.3 Å². The van der Waals surface area contributed by atoms with E-state index in [2.05, 4.69) is 15.0 Å². The van der Waals surface area contributed by atoms with Gasteiger partial charge in [-0.05, 0) is 36.4 Å². The number of aromatic nitrogens is 1. The predicted molar refractivity (Wildman–Crippen MR) is 108 cm³/mol. The van der Waals surface area contributed by atoms with Crippen LogP contribution in [-0.2, 0) is 14.8 Å². The molecule has 1 aromatic heterocycles. The number of hydrogen-bond acceptors (Lipinski definition) is 7. The Bertz CT molecular complexity index is 1250. The average Bonchev–Trinajstić information content (AvgIpc) is 3.38. The van der Waals surface area contributed by atoms with E-state index >= 15 is 0 Å². The van der Waals surface area contributed by atoms with Crippen LogP contribution in [-0.4, -0.2) is 32.6 Å². The summed E-state index contributed by atoms with van der Waals surface area (Å²) in [6, 6.07) is 7.61. The lowest BCUT2D eigenvalue weighted by Gasteiger charge is -2.07. The first-order valence-electron chi connectivity index (χ1n) is 8.92. The van der Waals surface area contributed by atoms with E-state index in [-0.39, 0.29) is 19.8 Å². The molecule has 0 radical (unpaired) electrons. The van der Waals surface area contributed by atoms with Crippen molar-refractivity contribution in [2.75, 3.05) is 18.7 Å². The zero-order valence-corrected chi connectivity index (χ0v) is 17.4. The number of fused-ring (bicyclic) bond motifs is 1. The van der Waals surface area contributed by atoms with Gasteiger partial charge in [0.2, 0.25) is 22.7 Å². The molecule has 8 nitrogen and oxygen atoms in total. The van der Waals surface area contributed by atoms with Crippen molar-refractivity contribution in [1.82, 2.24) is 9.71 Å². The number of amides is 1. The van der Waals surface area contributed by atoms with E-state index in [0.717, 1.165) is 17.7 Å². The Morgan fingerprint density at radius 2 is 1.90 bits per heavy atom. The minimum atomic E-state index is -4.08. The summed E-state index contributed by atoms with van der Waals surface area (Å²) in [5, 5.41) is 4.71. The molecule has 2 N–H and O–H groups in total. The van der Waals surface area contributed by atoms with Crippen LogP contribution >= 0.6 is 11.3 Å². The molecule has 1 aliphatic heterocycles. The second kappa shape index (κ2) is 8.57. The van der Waals surface area contributed by atoms with Crippen LogP contribution in [0.2, 0.25) is 0 Å². The van der Waals surface area contributed by atoms with Crippen LogP contribution in [0.1, 0.15) is 6.42 Å². The number of sulfonamides is 1. The highest BCUT2D eigenvalue weighted by atomic mass is 32.2. The van der Waals surface area contributed by atoms with Crippen molar-refractivity contribution in [1.29, 1.82) is 0 Å². The fraction of sp³-hybridized carbons (Fsp3) is 0.158. The second-order valence-corrected chi connectivity index (χ2v) is 9.00. The quantitative estimate of drug-likeness (QED) is 0.553. The molecule has 0 atom stereocenters. The Hall–Kier alpha value is -3.09. The summed E-state index contributed by atoms with van der Waals surface area (Å²) in [7, 11) is -4.08. The maximum Gasteiger partial charge on any atom is 0.240 e. The molecule has 0 bridgehead atoms. The van der Waals surface area contributed by atoms with Gasteiger partial charge in [-0.3, -0.25) is 4.79 Å². The van der Waals surface area contributed by atoms with Crippen LogP contribution in [0.15, 0.2) is 46.7 Å². The van der Waals surface area contributed by atoms with Crippen LogP contribution in [0.4, 0.5) is 13.9 Å². The van der Waals surface area contributed by atoms with Gasteiger partial charge >= 0.3 is 0 Å². The number of rotatable bonds is 7. The fourth-order valence-corrected chi connectivity index (χ4v) is 4.51. The number of thiazole rings is 1. The molecule has 0 saturated carbocycles. The van der Waals surface area contributed by atoms with E-state index in [1.807, 2.05) is 6.07 Å². The van der Waals surface area contributed by atoms with Crippen molar-refractivity contribution < 1.29 is 31.5 Å². The predicted octanol–water partition coefficient (Wildman–Crippen LogP) is 3.12. The van der Waals surface area contributed by atoms with Gasteiger partial charge in [0.15, 0.2) is 28.3 Å². The average molecular weight is 467 g/mol. The summed E-state index contributed by atoms with van der Waals surface area (Å²) >= 11 is 1.21. The van der Waals surface area contributed by atoms with E-state index in [4.69, 9.17) is 9.47 Å². The third-order valence-electron chi connectivity index (χ3n) is 4.26. The van der Waals surface area contributed by atoms with Crippen LogP contribution in [0.25, 0.3) is 11.3 Å². The first-order valence-corrected chi connectivity index (χ1v) is 11.3. The van der Waals surface area contributed by atoms with Crippen molar-refractivity contribution in [2.24, 2.45) is 0 Å². The minimum absolute atomic E-state index is 0.164. The largest absolute Gasteiger partial charge is 0.454 e. The minimum Gasteiger partial charge on any atom is -0.454 e. The number of hydrogen-bond donors (Lipinski definition) is 2. The van der Waals surface area contributed by atoms with Gasteiger partial charge in [0.25, 0.3) is 0 Å². The monoisotopic (exact) mass is 467 g/mol. The lowest BCUT2D eigenvalue weighted by molar-refractivity contribution is -0.116. The van der Waals surface area contributed by atoms with Gasteiger partial charge in [-0.2, -0.15) is 0 Å². The number of carbonyl (C=O) groups excluding carboxylic acids is 1. The third kappa shape index (κ3) is 4.81. The topological polar surface area (TPSA) is 107 Å². The first kappa shape index (κ1) is 21.2. The van der Waals surface area contributed by atoms with Crippen LogP contribution in [0.3, 0.4) is 0 Å². The first-order chi connectivity index (χ1) is 14.8.